The van der Waals surface area contributed by atoms with Gasteiger partial charge >= 0.3 is 0 Å². The number of nitrogens with zero attached hydrogens (tertiary/aromatic N) is 1. The topological polar surface area (TPSA) is 79.2 Å². The number of benzene rings is 2. The number of primary amides is 1. The second-order valence-electron chi connectivity index (χ2n) is 6.44. The molecule has 5 nitrogen and oxygen atoms in total. The van der Waals surface area contributed by atoms with Crippen molar-refractivity contribution in [1.29, 1.82) is 0 Å². The van der Waals surface area contributed by atoms with Gasteiger partial charge in [-0.25, -0.2) is 0 Å². The fraction of sp³-hybridized carbons (Fsp3) is 0.143. The van der Waals surface area contributed by atoms with E-state index >= 15 is 0 Å². The number of aromatic nitrogens is 1. The Kier molecular flexibility index (Phi) is 4.63. The number of aryl methyl sites for hydroxylation is 1. The van der Waals surface area contributed by atoms with Gasteiger partial charge in [0.15, 0.2) is 0 Å². The van der Waals surface area contributed by atoms with Crippen LogP contribution in [0.4, 0.5) is 0 Å². The van der Waals surface area contributed by atoms with Crippen LogP contribution in [0, 0.1) is 6.92 Å². The molecule has 0 spiro atoms. The lowest BCUT2D eigenvalue weighted by Crippen LogP contribution is -2.21. The first-order chi connectivity index (χ1) is 12.4. The molecule has 1 aromatic heterocycles. The maximum absolute atomic E-state index is 12.0. The van der Waals surface area contributed by atoms with Crippen molar-refractivity contribution in [2.24, 2.45) is 5.73 Å². The van der Waals surface area contributed by atoms with Crippen LogP contribution in [0.2, 0.25) is 0 Å². The number of nitrogens with two attached hydrogens (primary N) is 1. The highest BCUT2D eigenvalue weighted by Gasteiger charge is 2.11. The first-order valence-corrected chi connectivity index (χ1v) is 8.29. The van der Waals surface area contributed by atoms with E-state index in [0.29, 0.717) is 11.1 Å². The van der Waals surface area contributed by atoms with Crippen molar-refractivity contribution in [1.82, 2.24) is 9.88 Å². The molecule has 0 unspecified atom stereocenters. The molecular formula is C21H21N3O2. The molecule has 3 aromatic rings. The Hall–Kier alpha value is -3.34. The molecule has 5 heteroatoms. The summed E-state index contributed by atoms with van der Waals surface area (Å²) in [5.74, 6) is -0.451. The predicted molar refractivity (Wildman–Crippen MR) is 103 cm³/mol. The highest BCUT2D eigenvalue weighted by molar-refractivity contribution is 5.95. The van der Waals surface area contributed by atoms with Gasteiger partial charge in [-0.1, -0.05) is 36.4 Å². The van der Waals surface area contributed by atoms with E-state index in [9.17, 15) is 9.59 Å². The Balaban J connectivity index is 1.85. The lowest BCUT2D eigenvalue weighted by atomic mass is 10.0. The molecule has 132 valence electrons. The van der Waals surface area contributed by atoms with E-state index in [1.54, 1.807) is 25.1 Å². The van der Waals surface area contributed by atoms with E-state index < -0.39 is 5.91 Å². The zero-order chi connectivity index (χ0) is 18.8. The molecule has 3 rings (SSSR count). The molecule has 2 aromatic carbocycles. The van der Waals surface area contributed by atoms with Gasteiger partial charge in [-0.3, -0.25) is 9.59 Å². The quantitative estimate of drug-likeness (QED) is 0.758. The minimum atomic E-state index is -0.436. The molecule has 0 radical (unpaired) electrons. The van der Waals surface area contributed by atoms with Crippen LogP contribution in [-0.4, -0.2) is 35.8 Å². The summed E-state index contributed by atoms with van der Waals surface area (Å²) in [6, 6.07) is 17.3. The van der Waals surface area contributed by atoms with Gasteiger partial charge in [0.05, 0.1) is 5.56 Å². The van der Waals surface area contributed by atoms with Crippen LogP contribution in [-0.2, 0) is 0 Å². The fourth-order valence-corrected chi connectivity index (χ4v) is 2.88. The van der Waals surface area contributed by atoms with E-state index in [0.717, 1.165) is 28.1 Å². The Bertz CT molecular complexity index is 952. The van der Waals surface area contributed by atoms with E-state index in [2.05, 4.69) is 4.98 Å². The van der Waals surface area contributed by atoms with Crippen LogP contribution >= 0.6 is 0 Å². The second kappa shape index (κ2) is 6.88. The van der Waals surface area contributed by atoms with E-state index in [1.807, 2.05) is 55.5 Å². The van der Waals surface area contributed by atoms with Gasteiger partial charge in [0.1, 0.15) is 0 Å². The standard InChI is InChI=1S/C21H21N3O2/c1-13-18(20(22)25)12-19(23-13)16-8-4-14(5-9-16)15-6-10-17(11-7-15)21(26)24(2)3/h4-12,23H,1-3H3,(H2,22,25). The van der Waals surface area contributed by atoms with Crippen molar-refractivity contribution in [3.8, 4) is 22.4 Å². The predicted octanol–water partition coefficient (Wildman–Crippen LogP) is 3.46. The van der Waals surface area contributed by atoms with Crippen molar-refractivity contribution >= 4 is 11.8 Å². The number of carbonyl (C=O) groups is 2. The summed E-state index contributed by atoms with van der Waals surface area (Å²) >= 11 is 0. The third-order valence-electron chi connectivity index (χ3n) is 4.35. The first kappa shape index (κ1) is 17.5. The number of amides is 2. The molecule has 0 aliphatic rings. The fourth-order valence-electron chi connectivity index (χ4n) is 2.88. The van der Waals surface area contributed by atoms with Crippen LogP contribution in [0.1, 0.15) is 26.4 Å². The van der Waals surface area contributed by atoms with E-state index in [-0.39, 0.29) is 5.91 Å². The Morgan fingerprint density at radius 3 is 1.85 bits per heavy atom. The number of nitrogens with one attached hydrogen (secondary N) is 1. The molecule has 0 saturated heterocycles. The molecule has 26 heavy (non-hydrogen) atoms. The third kappa shape index (κ3) is 3.37. The zero-order valence-electron chi connectivity index (χ0n) is 15.0. The maximum Gasteiger partial charge on any atom is 0.253 e. The minimum Gasteiger partial charge on any atom is -0.366 e. The first-order valence-electron chi connectivity index (χ1n) is 8.29. The average Bonchev–Trinajstić information content (AvgIpc) is 3.03. The SMILES string of the molecule is Cc1[nH]c(-c2ccc(-c3ccc(C(=O)N(C)C)cc3)cc2)cc1C(N)=O. The molecule has 0 bridgehead atoms. The van der Waals surface area contributed by atoms with Gasteiger partial charge in [0, 0.05) is 31.0 Å². The highest BCUT2D eigenvalue weighted by atomic mass is 16.2. The molecule has 0 aliphatic heterocycles. The number of hydrogen-bond donors (Lipinski definition) is 2. The number of rotatable bonds is 4. The summed E-state index contributed by atoms with van der Waals surface area (Å²) in [4.78, 5) is 28.1. The smallest absolute Gasteiger partial charge is 0.253 e. The highest BCUT2D eigenvalue weighted by Crippen LogP contribution is 2.26. The Morgan fingerprint density at radius 2 is 1.38 bits per heavy atom. The largest absolute Gasteiger partial charge is 0.366 e. The van der Waals surface area contributed by atoms with Crippen molar-refractivity contribution in [2.75, 3.05) is 14.1 Å². The summed E-state index contributed by atoms with van der Waals surface area (Å²) in [5.41, 5.74) is 11.2. The zero-order valence-corrected chi connectivity index (χ0v) is 15.0. The molecule has 0 fully saturated rings. The molecule has 0 atom stereocenters. The van der Waals surface area contributed by atoms with Crippen molar-refractivity contribution in [3.63, 3.8) is 0 Å². The van der Waals surface area contributed by atoms with Gasteiger partial charge in [0.25, 0.3) is 11.8 Å². The normalized spacial score (nSPS) is 10.6. The molecule has 1 heterocycles. The van der Waals surface area contributed by atoms with Crippen LogP contribution in [0.25, 0.3) is 22.4 Å². The number of hydrogen-bond acceptors (Lipinski definition) is 2. The lowest BCUT2D eigenvalue weighted by molar-refractivity contribution is 0.0827. The van der Waals surface area contributed by atoms with Gasteiger partial charge in [0.2, 0.25) is 0 Å². The van der Waals surface area contributed by atoms with Crippen LogP contribution < -0.4 is 5.73 Å². The van der Waals surface area contributed by atoms with Crippen LogP contribution in [0.15, 0.2) is 54.6 Å². The van der Waals surface area contributed by atoms with Gasteiger partial charge in [-0.2, -0.15) is 0 Å². The number of carbonyl (C=O) groups excluding carboxylic acids is 2. The molecule has 0 aliphatic carbocycles. The lowest BCUT2D eigenvalue weighted by Gasteiger charge is -2.10. The second-order valence-corrected chi connectivity index (χ2v) is 6.44. The van der Waals surface area contributed by atoms with E-state index in [4.69, 9.17) is 5.73 Å². The van der Waals surface area contributed by atoms with Crippen molar-refractivity contribution in [3.05, 3.63) is 71.4 Å². The molecular weight excluding hydrogens is 326 g/mol. The van der Waals surface area contributed by atoms with Crippen molar-refractivity contribution in [2.45, 2.75) is 6.92 Å². The van der Waals surface area contributed by atoms with Crippen molar-refractivity contribution < 1.29 is 9.59 Å². The minimum absolute atomic E-state index is 0.0146. The summed E-state index contributed by atoms with van der Waals surface area (Å²) in [5, 5.41) is 0. The van der Waals surface area contributed by atoms with Gasteiger partial charge in [-0.15, -0.1) is 0 Å². The average molecular weight is 347 g/mol. The van der Waals surface area contributed by atoms with Crippen LogP contribution in [0.5, 0.6) is 0 Å². The van der Waals surface area contributed by atoms with E-state index in [1.165, 1.54) is 0 Å². The summed E-state index contributed by atoms with van der Waals surface area (Å²) in [7, 11) is 3.47. The maximum atomic E-state index is 12.0. The number of H-pyrrole nitrogens is 1. The summed E-state index contributed by atoms with van der Waals surface area (Å²) in [6.07, 6.45) is 0. The number of aromatic amines is 1. The monoisotopic (exact) mass is 347 g/mol. The van der Waals surface area contributed by atoms with Crippen LogP contribution in [0.3, 0.4) is 0 Å². The molecule has 0 saturated carbocycles. The summed E-state index contributed by atoms with van der Waals surface area (Å²) in [6.45, 7) is 1.83. The summed E-state index contributed by atoms with van der Waals surface area (Å²) < 4.78 is 0. The third-order valence-corrected chi connectivity index (χ3v) is 4.35. The Labute approximate surface area is 152 Å². The molecule has 2 amide bonds. The molecule has 3 N–H and O–H groups in total. The Morgan fingerprint density at radius 1 is 0.885 bits per heavy atom. The van der Waals surface area contributed by atoms with Gasteiger partial charge in [-0.05, 0) is 41.8 Å². The van der Waals surface area contributed by atoms with Gasteiger partial charge < -0.3 is 15.6 Å².